The molecule has 2 N–H and O–H groups in total. The lowest BCUT2D eigenvalue weighted by atomic mass is 9.79. The van der Waals surface area contributed by atoms with E-state index in [4.69, 9.17) is 9.84 Å². The van der Waals surface area contributed by atoms with Crippen LogP contribution in [0.1, 0.15) is 54.6 Å². The number of hydrogen-bond acceptors (Lipinski definition) is 3. The molecular formula is C16H18O4. The van der Waals surface area contributed by atoms with Gasteiger partial charge in [0.25, 0.3) is 0 Å². The van der Waals surface area contributed by atoms with E-state index in [9.17, 15) is 9.90 Å². The number of ether oxygens (including phenoxy) is 1. The zero-order chi connectivity index (χ0) is 14.5. The lowest BCUT2D eigenvalue weighted by Crippen LogP contribution is -2.32. The van der Waals surface area contributed by atoms with Gasteiger partial charge in [-0.05, 0) is 44.4 Å². The van der Waals surface area contributed by atoms with Crippen molar-refractivity contribution in [2.24, 2.45) is 0 Å². The SMILES string of the molecule is CC1(C)OC2=C(c3cc(C(=O)O)ccc31)C(O)CCC2. The van der Waals surface area contributed by atoms with Crippen LogP contribution in [-0.2, 0) is 10.3 Å². The van der Waals surface area contributed by atoms with Gasteiger partial charge in [0.2, 0.25) is 0 Å². The predicted molar refractivity (Wildman–Crippen MR) is 74.3 cm³/mol. The molecule has 1 unspecified atom stereocenters. The first-order valence-electron chi connectivity index (χ1n) is 6.88. The Balaban J connectivity index is 2.24. The lowest BCUT2D eigenvalue weighted by Gasteiger charge is -2.40. The maximum absolute atomic E-state index is 11.2. The predicted octanol–water partition coefficient (Wildman–Crippen LogP) is 2.91. The van der Waals surface area contributed by atoms with E-state index in [1.807, 2.05) is 13.8 Å². The summed E-state index contributed by atoms with van der Waals surface area (Å²) < 4.78 is 6.05. The summed E-state index contributed by atoms with van der Waals surface area (Å²) in [5.41, 5.74) is 2.27. The smallest absolute Gasteiger partial charge is 0.335 e. The van der Waals surface area contributed by atoms with Gasteiger partial charge in [-0.15, -0.1) is 0 Å². The minimum absolute atomic E-state index is 0.242. The highest BCUT2D eigenvalue weighted by Gasteiger charge is 2.38. The first-order chi connectivity index (χ1) is 9.40. The fourth-order valence-electron chi connectivity index (χ4n) is 3.14. The fourth-order valence-corrected chi connectivity index (χ4v) is 3.14. The average molecular weight is 274 g/mol. The third-order valence-electron chi connectivity index (χ3n) is 4.10. The summed E-state index contributed by atoms with van der Waals surface area (Å²) >= 11 is 0. The molecule has 1 aliphatic carbocycles. The third kappa shape index (κ3) is 1.91. The molecule has 4 heteroatoms. The second-order valence-electron chi connectivity index (χ2n) is 5.92. The maximum atomic E-state index is 11.2. The summed E-state index contributed by atoms with van der Waals surface area (Å²) in [6, 6.07) is 5.04. The maximum Gasteiger partial charge on any atom is 0.335 e. The molecule has 0 saturated carbocycles. The topological polar surface area (TPSA) is 66.8 Å². The summed E-state index contributed by atoms with van der Waals surface area (Å²) in [5, 5.41) is 19.4. The third-order valence-corrected chi connectivity index (χ3v) is 4.10. The number of benzene rings is 1. The number of fused-ring (bicyclic) bond motifs is 2. The van der Waals surface area contributed by atoms with Gasteiger partial charge in [-0.1, -0.05) is 6.07 Å². The molecule has 1 heterocycles. The van der Waals surface area contributed by atoms with Gasteiger partial charge in [0, 0.05) is 17.6 Å². The van der Waals surface area contributed by atoms with Crippen molar-refractivity contribution in [3.63, 3.8) is 0 Å². The van der Waals surface area contributed by atoms with Crippen LogP contribution in [0.2, 0.25) is 0 Å². The quantitative estimate of drug-likeness (QED) is 0.826. The Kier molecular flexibility index (Phi) is 2.87. The van der Waals surface area contributed by atoms with Gasteiger partial charge < -0.3 is 14.9 Å². The number of carboxylic acids is 1. The van der Waals surface area contributed by atoms with Gasteiger partial charge in [0.15, 0.2) is 0 Å². The van der Waals surface area contributed by atoms with E-state index in [0.717, 1.165) is 35.3 Å². The number of allylic oxidation sites excluding steroid dienone is 1. The Labute approximate surface area is 117 Å². The average Bonchev–Trinajstić information content (AvgIpc) is 2.37. The number of aliphatic hydroxyl groups is 1. The molecule has 1 aromatic rings. The Morgan fingerprint density at radius 1 is 1.40 bits per heavy atom. The van der Waals surface area contributed by atoms with Crippen molar-refractivity contribution in [3.05, 3.63) is 40.6 Å². The number of aromatic carboxylic acids is 1. The van der Waals surface area contributed by atoms with Crippen LogP contribution in [0.4, 0.5) is 0 Å². The lowest BCUT2D eigenvalue weighted by molar-refractivity contribution is 0.0154. The van der Waals surface area contributed by atoms with Crippen molar-refractivity contribution in [2.45, 2.75) is 44.8 Å². The summed E-state index contributed by atoms with van der Waals surface area (Å²) in [6.07, 6.45) is 1.81. The van der Waals surface area contributed by atoms with Gasteiger partial charge in [-0.3, -0.25) is 0 Å². The van der Waals surface area contributed by atoms with Crippen LogP contribution >= 0.6 is 0 Å². The van der Waals surface area contributed by atoms with E-state index in [-0.39, 0.29) is 5.56 Å². The van der Waals surface area contributed by atoms with E-state index in [2.05, 4.69) is 0 Å². The van der Waals surface area contributed by atoms with E-state index in [1.54, 1.807) is 18.2 Å². The van der Waals surface area contributed by atoms with Crippen LogP contribution in [0.5, 0.6) is 0 Å². The van der Waals surface area contributed by atoms with Crippen LogP contribution in [0, 0.1) is 0 Å². The van der Waals surface area contributed by atoms with Crippen LogP contribution in [0.3, 0.4) is 0 Å². The fraction of sp³-hybridized carbons (Fsp3) is 0.438. The number of hydrogen-bond donors (Lipinski definition) is 2. The van der Waals surface area contributed by atoms with E-state index in [0.29, 0.717) is 6.42 Å². The minimum Gasteiger partial charge on any atom is -0.487 e. The molecule has 0 spiro atoms. The Bertz CT molecular complexity index is 613. The zero-order valence-corrected chi connectivity index (χ0v) is 11.6. The number of carbonyl (C=O) groups is 1. The van der Waals surface area contributed by atoms with Crippen molar-refractivity contribution in [1.29, 1.82) is 0 Å². The summed E-state index contributed by atoms with van der Waals surface area (Å²) in [4.78, 5) is 11.2. The van der Waals surface area contributed by atoms with E-state index in [1.165, 1.54) is 0 Å². The van der Waals surface area contributed by atoms with Gasteiger partial charge >= 0.3 is 5.97 Å². The first-order valence-corrected chi connectivity index (χ1v) is 6.88. The van der Waals surface area contributed by atoms with Gasteiger partial charge in [-0.25, -0.2) is 4.79 Å². The molecule has 0 fully saturated rings. The highest BCUT2D eigenvalue weighted by Crippen LogP contribution is 2.46. The van der Waals surface area contributed by atoms with Crippen LogP contribution in [-0.4, -0.2) is 22.3 Å². The van der Waals surface area contributed by atoms with Crippen molar-refractivity contribution >= 4 is 11.5 Å². The molecule has 1 aromatic carbocycles. The van der Waals surface area contributed by atoms with E-state index < -0.39 is 17.7 Å². The highest BCUT2D eigenvalue weighted by molar-refractivity contribution is 5.90. The second-order valence-corrected chi connectivity index (χ2v) is 5.92. The number of rotatable bonds is 1. The van der Waals surface area contributed by atoms with Crippen molar-refractivity contribution in [3.8, 4) is 0 Å². The molecule has 2 aliphatic rings. The molecule has 0 amide bonds. The van der Waals surface area contributed by atoms with Crippen LogP contribution < -0.4 is 0 Å². The minimum atomic E-state index is -0.954. The largest absolute Gasteiger partial charge is 0.487 e. The van der Waals surface area contributed by atoms with Crippen molar-refractivity contribution in [2.75, 3.05) is 0 Å². The second kappa shape index (κ2) is 4.35. The normalized spacial score (nSPS) is 23.6. The molecule has 0 aromatic heterocycles. The molecule has 0 saturated heterocycles. The number of carboxylic acid groups (broad SMARTS) is 1. The zero-order valence-electron chi connectivity index (χ0n) is 11.6. The van der Waals surface area contributed by atoms with E-state index >= 15 is 0 Å². The van der Waals surface area contributed by atoms with Crippen molar-refractivity contribution in [1.82, 2.24) is 0 Å². The standard InChI is InChI=1S/C16H18O4/c1-16(2)11-7-6-9(15(18)19)8-10(11)14-12(17)4-3-5-13(14)20-16/h6-8,12,17H,3-5H2,1-2H3,(H,18,19). The summed E-state index contributed by atoms with van der Waals surface area (Å²) in [7, 11) is 0. The molecule has 20 heavy (non-hydrogen) atoms. The highest BCUT2D eigenvalue weighted by atomic mass is 16.5. The molecule has 1 aliphatic heterocycles. The Hall–Kier alpha value is -1.81. The molecule has 4 nitrogen and oxygen atoms in total. The first kappa shape index (κ1) is 13.2. The molecule has 1 atom stereocenters. The molecule has 3 rings (SSSR count). The summed E-state index contributed by atoms with van der Waals surface area (Å²) in [6.45, 7) is 3.94. The van der Waals surface area contributed by atoms with Crippen molar-refractivity contribution < 1.29 is 19.7 Å². The molecule has 106 valence electrons. The monoisotopic (exact) mass is 274 g/mol. The Morgan fingerprint density at radius 2 is 2.15 bits per heavy atom. The van der Waals surface area contributed by atoms with Gasteiger partial charge in [0.05, 0.1) is 11.7 Å². The van der Waals surface area contributed by atoms with Gasteiger partial charge in [0.1, 0.15) is 11.4 Å². The van der Waals surface area contributed by atoms with Crippen LogP contribution in [0.25, 0.3) is 5.57 Å². The molecule has 0 radical (unpaired) electrons. The molecule has 0 bridgehead atoms. The summed E-state index contributed by atoms with van der Waals surface area (Å²) in [5.74, 6) is -0.145. The molecular weight excluding hydrogens is 256 g/mol. The van der Waals surface area contributed by atoms with Gasteiger partial charge in [-0.2, -0.15) is 0 Å². The Morgan fingerprint density at radius 3 is 2.85 bits per heavy atom. The van der Waals surface area contributed by atoms with Crippen LogP contribution in [0.15, 0.2) is 24.0 Å². The number of aliphatic hydroxyl groups excluding tert-OH is 1.